The molecule has 3 aromatic carbocycles. The molecule has 212 valence electrons. The van der Waals surface area contributed by atoms with Crippen LogP contribution in [-0.4, -0.2) is 49.0 Å². The van der Waals surface area contributed by atoms with Crippen molar-refractivity contribution in [3.63, 3.8) is 0 Å². The normalized spacial score (nSPS) is 16.0. The number of nitrogens with zero attached hydrogens (tertiary/aromatic N) is 1. The number of carbonyl (C=O) groups is 4. The number of fused-ring (bicyclic) bond motifs is 1. The van der Waals surface area contributed by atoms with Gasteiger partial charge in [-0.25, -0.2) is 4.79 Å². The molecule has 4 rings (SSSR count). The smallest absolute Gasteiger partial charge is 0.408 e. The van der Waals surface area contributed by atoms with Gasteiger partial charge in [-0.05, 0) is 41.2 Å². The van der Waals surface area contributed by atoms with Crippen LogP contribution in [0, 0.1) is 17.2 Å². The fourth-order valence-electron chi connectivity index (χ4n) is 4.83. The zero-order valence-electron chi connectivity index (χ0n) is 22.6. The number of amides is 4. The van der Waals surface area contributed by atoms with E-state index < -0.39 is 36.5 Å². The quantitative estimate of drug-likeness (QED) is 0.286. The second kappa shape index (κ2) is 14.5. The molecule has 0 bridgehead atoms. The van der Waals surface area contributed by atoms with Crippen LogP contribution in [0.4, 0.5) is 4.79 Å². The molecule has 41 heavy (non-hydrogen) atoms. The highest BCUT2D eigenvalue weighted by atomic mass is 16.5. The van der Waals surface area contributed by atoms with Crippen LogP contribution in [0.1, 0.15) is 30.4 Å². The molecule has 4 amide bonds. The van der Waals surface area contributed by atoms with Crippen molar-refractivity contribution in [2.45, 2.75) is 44.4 Å². The first-order chi connectivity index (χ1) is 19.9. The molecule has 3 unspecified atom stereocenters. The summed E-state index contributed by atoms with van der Waals surface area (Å²) < 4.78 is 5.33. The largest absolute Gasteiger partial charge is 0.445 e. The van der Waals surface area contributed by atoms with Gasteiger partial charge < -0.3 is 26.0 Å². The molecule has 0 radical (unpaired) electrons. The van der Waals surface area contributed by atoms with Gasteiger partial charge in [-0.2, -0.15) is 5.26 Å². The second-order valence-electron chi connectivity index (χ2n) is 9.93. The Bertz CT molecular complexity index is 1420. The lowest BCUT2D eigenvalue weighted by molar-refractivity contribution is -0.128. The highest BCUT2D eigenvalue weighted by molar-refractivity contribution is 5.91. The Kier molecular flexibility index (Phi) is 10.3. The van der Waals surface area contributed by atoms with Gasteiger partial charge in [-0.15, -0.1) is 0 Å². The fourth-order valence-corrected chi connectivity index (χ4v) is 4.83. The molecule has 3 atom stereocenters. The highest BCUT2D eigenvalue weighted by Crippen LogP contribution is 2.20. The predicted molar refractivity (Wildman–Crippen MR) is 152 cm³/mol. The summed E-state index contributed by atoms with van der Waals surface area (Å²) in [5.41, 5.74) is 1.64. The first-order valence-corrected chi connectivity index (χ1v) is 13.6. The Balaban J connectivity index is 1.38. The van der Waals surface area contributed by atoms with Crippen LogP contribution in [0.15, 0.2) is 72.8 Å². The van der Waals surface area contributed by atoms with Crippen LogP contribution in [0.25, 0.3) is 10.8 Å². The minimum Gasteiger partial charge on any atom is -0.445 e. The minimum absolute atomic E-state index is 0.0340. The number of nitriles is 1. The van der Waals surface area contributed by atoms with Gasteiger partial charge in [-0.3, -0.25) is 14.4 Å². The molecule has 10 heteroatoms. The molecule has 0 aromatic heterocycles. The standard InChI is InChI=1S/C31H33N5O5/c32-18-25(16-24-13-7-15-33-29(24)38)35-28(37)19-34-30(39)27(36-31(40)41-20-21-8-2-1-3-9-21)17-23-12-6-11-22-10-4-5-14-26(22)23/h1-6,8-12,14,24-25,27H,7,13,15-17,19-20H2,(H,33,38)(H,34,39)(H,35,37)(H,36,40). The van der Waals surface area contributed by atoms with E-state index in [1.54, 1.807) is 0 Å². The van der Waals surface area contributed by atoms with E-state index in [0.717, 1.165) is 28.3 Å². The van der Waals surface area contributed by atoms with Crippen molar-refractivity contribution in [3.05, 3.63) is 83.9 Å². The molecule has 3 aromatic rings. The maximum absolute atomic E-state index is 13.2. The average molecular weight is 556 g/mol. The Hall–Kier alpha value is -4.91. The van der Waals surface area contributed by atoms with Gasteiger partial charge >= 0.3 is 6.09 Å². The zero-order valence-corrected chi connectivity index (χ0v) is 22.6. The van der Waals surface area contributed by atoms with E-state index in [2.05, 4.69) is 21.3 Å². The Morgan fingerprint density at radius 2 is 1.76 bits per heavy atom. The van der Waals surface area contributed by atoms with E-state index >= 15 is 0 Å². The van der Waals surface area contributed by atoms with Crippen LogP contribution >= 0.6 is 0 Å². The number of rotatable bonds is 11. The molecule has 0 saturated carbocycles. The Labute approximate surface area is 238 Å². The van der Waals surface area contributed by atoms with Gasteiger partial charge in [0.25, 0.3) is 0 Å². The molecular formula is C31H33N5O5. The monoisotopic (exact) mass is 555 g/mol. The van der Waals surface area contributed by atoms with E-state index in [1.165, 1.54) is 0 Å². The van der Waals surface area contributed by atoms with Crippen molar-refractivity contribution < 1.29 is 23.9 Å². The van der Waals surface area contributed by atoms with Crippen molar-refractivity contribution in [3.8, 4) is 6.07 Å². The summed E-state index contributed by atoms with van der Waals surface area (Å²) in [4.78, 5) is 50.5. The van der Waals surface area contributed by atoms with Crippen molar-refractivity contribution >= 4 is 34.6 Å². The lowest BCUT2D eigenvalue weighted by atomic mass is 9.92. The Morgan fingerprint density at radius 1 is 1.00 bits per heavy atom. The van der Waals surface area contributed by atoms with E-state index in [1.807, 2.05) is 78.9 Å². The summed E-state index contributed by atoms with van der Waals surface area (Å²) in [6.45, 7) is 0.242. The maximum atomic E-state index is 13.2. The highest BCUT2D eigenvalue weighted by Gasteiger charge is 2.27. The van der Waals surface area contributed by atoms with Crippen molar-refractivity contribution in [1.29, 1.82) is 5.26 Å². The van der Waals surface area contributed by atoms with Gasteiger partial charge in [0.2, 0.25) is 17.7 Å². The van der Waals surface area contributed by atoms with Crippen LogP contribution in [0.3, 0.4) is 0 Å². The third-order valence-corrected chi connectivity index (χ3v) is 6.96. The number of alkyl carbamates (subject to hydrolysis) is 1. The molecule has 10 nitrogen and oxygen atoms in total. The Morgan fingerprint density at radius 3 is 2.54 bits per heavy atom. The number of nitrogens with one attached hydrogen (secondary N) is 4. The lowest BCUT2D eigenvalue weighted by Gasteiger charge is -2.24. The molecule has 1 saturated heterocycles. The summed E-state index contributed by atoms with van der Waals surface area (Å²) in [6.07, 6.45) is 1.05. The van der Waals surface area contributed by atoms with Crippen molar-refractivity contribution in [2.75, 3.05) is 13.1 Å². The average Bonchev–Trinajstić information content (AvgIpc) is 3.00. The van der Waals surface area contributed by atoms with Crippen LogP contribution in [-0.2, 0) is 32.1 Å². The summed E-state index contributed by atoms with van der Waals surface area (Å²) in [5, 5.41) is 22.0. The number of hydrogen-bond donors (Lipinski definition) is 4. The van der Waals surface area contributed by atoms with Crippen LogP contribution < -0.4 is 21.3 Å². The fraction of sp³-hybridized carbons (Fsp3) is 0.323. The van der Waals surface area contributed by atoms with E-state index in [9.17, 15) is 24.4 Å². The third kappa shape index (κ3) is 8.54. The summed E-state index contributed by atoms with van der Waals surface area (Å²) in [7, 11) is 0. The van der Waals surface area contributed by atoms with Gasteiger partial charge in [0.15, 0.2) is 0 Å². The molecule has 4 N–H and O–H groups in total. The molecule has 1 heterocycles. The number of carbonyl (C=O) groups excluding carboxylic acids is 4. The molecule has 0 aliphatic carbocycles. The molecule has 1 aliphatic rings. The van der Waals surface area contributed by atoms with E-state index in [-0.39, 0.29) is 31.3 Å². The molecule has 1 aliphatic heterocycles. The van der Waals surface area contributed by atoms with Gasteiger partial charge in [0.1, 0.15) is 18.7 Å². The zero-order chi connectivity index (χ0) is 29.0. The van der Waals surface area contributed by atoms with Gasteiger partial charge in [-0.1, -0.05) is 72.8 Å². The molecule has 0 spiro atoms. The van der Waals surface area contributed by atoms with Gasteiger partial charge in [0, 0.05) is 18.9 Å². The summed E-state index contributed by atoms with van der Waals surface area (Å²) >= 11 is 0. The topological polar surface area (TPSA) is 149 Å². The van der Waals surface area contributed by atoms with Gasteiger partial charge in [0.05, 0.1) is 12.6 Å². The van der Waals surface area contributed by atoms with Crippen molar-refractivity contribution in [2.24, 2.45) is 5.92 Å². The summed E-state index contributed by atoms with van der Waals surface area (Å²) in [6, 6.07) is 22.7. The first kappa shape index (κ1) is 29.1. The lowest BCUT2D eigenvalue weighted by Crippen LogP contribution is -2.51. The first-order valence-electron chi connectivity index (χ1n) is 13.6. The van der Waals surface area contributed by atoms with E-state index in [0.29, 0.717) is 13.0 Å². The number of ether oxygens (including phenoxy) is 1. The second-order valence-corrected chi connectivity index (χ2v) is 9.93. The summed E-state index contributed by atoms with van der Waals surface area (Å²) in [5.74, 6) is -1.62. The SMILES string of the molecule is N#CC(CC1CCCNC1=O)NC(=O)CNC(=O)C(Cc1cccc2ccccc12)NC(=O)OCc1ccccc1. The van der Waals surface area contributed by atoms with Crippen molar-refractivity contribution in [1.82, 2.24) is 21.3 Å². The van der Waals surface area contributed by atoms with E-state index in [4.69, 9.17) is 4.74 Å². The number of hydrogen-bond acceptors (Lipinski definition) is 6. The third-order valence-electron chi connectivity index (χ3n) is 6.96. The maximum Gasteiger partial charge on any atom is 0.408 e. The molecule has 1 fully saturated rings. The number of piperidine rings is 1. The number of benzene rings is 3. The minimum atomic E-state index is -1.03. The van der Waals surface area contributed by atoms with Crippen LogP contribution in [0.5, 0.6) is 0 Å². The predicted octanol–water partition coefficient (Wildman–Crippen LogP) is 2.72. The molecular weight excluding hydrogens is 522 g/mol. The van der Waals surface area contributed by atoms with Crippen LogP contribution in [0.2, 0.25) is 0 Å².